The summed E-state index contributed by atoms with van der Waals surface area (Å²) in [5.74, 6) is 3.51. The van der Waals surface area contributed by atoms with E-state index in [1.807, 2.05) is 0 Å². The minimum absolute atomic E-state index is 0.168. The van der Waals surface area contributed by atoms with E-state index in [9.17, 15) is 35.7 Å². The first-order chi connectivity index (χ1) is 24.7. The van der Waals surface area contributed by atoms with Crippen LogP contribution >= 0.6 is 0 Å². The molecule has 8 rings (SSSR count). The van der Waals surface area contributed by atoms with Crippen LogP contribution in [0.2, 0.25) is 0 Å². The van der Waals surface area contributed by atoms with Crippen molar-refractivity contribution >= 4 is 0 Å². The minimum atomic E-state index is -1.71. The number of ether oxygens (including phenoxy) is 6. The maximum Gasteiger partial charge on any atom is 0.187 e. The van der Waals surface area contributed by atoms with Crippen molar-refractivity contribution in [1.29, 1.82) is 0 Å². The number of hydrogen-bond acceptors (Lipinski definition) is 13. The van der Waals surface area contributed by atoms with Crippen LogP contribution in [0.15, 0.2) is 0 Å². The van der Waals surface area contributed by atoms with Crippen molar-refractivity contribution in [3.63, 3.8) is 0 Å². The molecule has 4 aliphatic heterocycles. The van der Waals surface area contributed by atoms with Crippen LogP contribution < -0.4 is 0 Å². The molecule has 0 aromatic heterocycles. The number of hydrogen-bond donors (Lipinski definition) is 7. The van der Waals surface area contributed by atoms with Gasteiger partial charge in [-0.25, -0.2) is 0 Å². The maximum absolute atomic E-state index is 11.1. The second-order valence-electron chi connectivity index (χ2n) is 18.7. The minimum Gasteiger partial charge on any atom is -0.394 e. The molecule has 0 unspecified atom stereocenters. The van der Waals surface area contributed by atoms with Gasteiger partial charge in [0.05, 0.1) is 32.0 Å². The van der Waals surface area contributed by atoms with Crippen molar-refractivity contribution in [2.75, 3.05) is 19.8 Å². The number of aliphatic hydroxyl groups excluding tert-OH is 7. The van der Waals surface area contributed by atoms with Gasteiger partial charge in [-0.15, -0.1) is 0 Å². The van der Waals surface area contributed by atoms with Gasteiger partial charge < -0.3 is 64.2 Å². The molecule has 4 heterocycles. The highest BCUT2D eigenvalue weighted by molar-refractivity contribution is 5.15. The standard InChI is InChI=1S/C39H64O13/c1-18-7-12-39(47-17-18)19(2)28-25(52-39)14-24-22-6-5-20-13-21(8-10-37(20,3)23(22)9-11-38(24,28)4)48-36-34(32(45)30(43)27(16-41)50-36)51-35-33(46)31(44)29(42)26(15-40)49-35/h18-36,40-46H,5-17H2,1-4H3/t18-,19-,20+,21-,22+,23-,24-,25-,26-,27+,28-,29-,30+,31-,32-,33+,34+,35-,36+,37-,38-,39+/m0/s1. The Labute approximate surface area is 307 Å². The van der Waals surface area contributed by atoms with Gasteiger partial charge in [-0.3, -0.25) is 0 Å². The molecule has 7 N–H and O–H groups in total. The molecule has 0 radical (unpaired) electrons. The lowest BCUT2D eigenvalue weighted by atomic mass is 9.44. The fourth-order valence-electron chi connectivity index (χ4n) is 13.2. The van der Waals surface area contributed by atoms with Crippen molar-refractivity contribution in [3.8, 4) is 0 Å². The van der Waals surface area contributed by atoms with E-state index in [4.69, 9.17) is 28.4 Å². The van der Waals surface area contributed by atoms with Gasteiger partial charge in [0.2, 0.25) is 0 Å². The van der Waals surface area contributed by atoms with E-state index in [2.05, 4.69) is 27.7 Å². The summed E-state index contributed by atoms with van der Waals surface area (Å²) in [7, 11) is 0. The molecule has 13 heteroatoms. The topological polar surface area (TPSA) is 197 Å². The molecule has 4 saturated heterocycles. The van der Waals surface area contributed by atoms with Crippen LogP contribution in [0, 0.1) is 52.3 Å². The summed E-state index contributed by atoms with van der Waals surface area (Å²) in [6.45, 7) is 9.33. The molecule has 0 amide bonds. The van der Waals surface area contributed by atoms with E-state index in [0.717, 1.165) is 45.1 Å². The normalized spacial score (nSPS) is 59.0. The fourth-order valence-corrected chi connectivity index (χ4v) is 13.2. The average molecular weight is 741 g/mol. The zero-order valence-corrected chi connectivity index (χ0v) is 31.2. The van der Waals surface area contributed by atoms with Gasteiger partial charge in [-0.2, -0.15) is 0 Å². The summed E-state index contributed by atoms with van der Waals surface area (Å²) in [6.07, 6.45) is -3.88. The number of rotatable bonds is 6. The number of fused-ring (bicyclic) bond motifs is 7. The Morgan fingerprint density at radius 3 is 2.06 bits per heavy atom. The maximum atomic E-state index is 11.1. The van der Waals surface area contributed by atoms with Gasteiger partial charge in [-0.1, -0.05) is 27.7 Å². The van der Waals surface area contributed by atoms with Crippen molar-refractivity contribution in [3.05, 3.63) is 0 Å². The molecule has 0 aromatic rings. The third-order valence-corrected chi connectivity index (χ3v) is 16.2. The highest BCUT2D eigenvalue weighted by Gasteiger charge is 2.69. The van der Waals surface area contributed by atoms with Crippen LogP contribution in [-0.4, -0.2) is 135 Å². The smallest absolute Gasteiger partial charge is 0.187 e. The molecule has 298 valence electrons. The molecule has 1 spiro atoms. The Morgan fingerprint density at radius 1 is 0.673 bits per heavy atom. The van der Waals surface area contributed by atoms with Gasteiger partial charge in [0.25, 0.3) is 0 Å². The van der Waals surface area contributed by atoms with Crippen LogP contribution in [0.5, 0.6) is 0 Å². The molecule has 13 nitrogen and oxygen atoms in total. The molecule has 8 aliphatic rings. The summed E-state index contributed by atoms with van der Waals surface area (Å²) in [4.78, 5) is 0. The summed E-state index contributed by atoms with van der Waals surface area (Å²) in [6, 6.07) is 0. The molecular formula is C39H64O13. The first-order valence-electron chi connectivity index (χ1n) is 20.3. The molecule has 22 atom stereocenters. The average Bonchev–Trinajstić information content (AvgIpc) is 3.58. The zero-order chi connectivity index (χ0) is 36.9. The molecular weight excluding hydrogens is 676 g/mol. The van der Waals surface area contributed by atoms with Gasteiger partial charge in [0.1, 0.15) is 48.8 Å². The predicted octanol–water partition coefficient (Wildman–Crippen LogP) is 1.44. The van der Waals surface area contributed by atoms with Crippen molar-refractivity contribution in [2.24, 2.45) is 52.3 Å². The quantitative estimate of drug-likeness (QED) is 0.194. The van der Waals surface area contributed by atoms with Gasteiger partial charge in [0.15, 0.2) is 18.4 Å². The molecule has 52 heavy (non-hydrogen) atoms. The van der Waals surface area contributed by atoms with Gasteiger partial charge >= 0.3 is 0 Å². The lowest BCUT2D eigenvalue weighted by molar-refractivity contribution is -0.373. The fraction of sp³-hybridized carbons (Fsp3) is 1.00. The third-order valence-electron chi connectivity index (χ3n) is 16.2. The third kappa shape index (κ3) is 5.98. The molecule has 0 aromatic carbocycles. The van der Waals surface area contributed by atoms with Crippen LogP contribution in [-0.2, 0) is 28.4 Å². The number of aliphatic hydroxyl groups is 7. The van der Waals surface area contributed by atoms with E-state index in [0.29, 0.717) is 41.4 Å². The van der Waals surface area contributed by atoms with Crippen LogP contribution in [0.1, 0.15) is 91.9 Å². The summed E-state index contributed by atoms with van der Waals surface area (Å²) >= 11 is 0. The van der Waals surface area contributed by atoms with Crippen molar-refractivity contribution in [1.82, 2.24) is 0 Å². The van der Waals surface area contributed by atoms with Crippen LogP contribution in [0.3, 0.4) is 0 Å². The van der Waals surface area contributed by atoms with E-state index in [1.165, 1.54) is 25.7 Å². The highest BCUT2D eigenvalue weighted by Crippen LogP contribution is 2.71. The summed E-state index contributed by atoms with van der Waals surface area (Å²) in [5, 5.41) is 72.7. The Bertz CT molecular complexity index is 1260. The molecule has 0 bridgehead atoms. The predicted molar refractivity (Wildman–Crippen MR) is 183 cm³/mol. The van der Waals surface area contributed by atoms with E-state index < -0.39 is 80.4 Å². The largest absolute Gasteiger partial charge is 0.394 e. The van der Waals surface area contributed by atoms with Gasteiger partial charge in [-0.05, 0) is 104 Å². The summed E-state index contributed by atoms with van der Waals surface area (Å²) in [5.41, 5.74) is 0.425. The Kier molecular flexibility index (Phi) is 10.4. The lowest BCUT2D eigenvalue weighted by Crippen LogP contribution is -2.65. The zero-order valence-electron chi connectivity index (χ0n) is 31.2. The molecule has 4 saturated carbocycles. The van der Waals surface area contributed by atoms with Crippen LogP contribution in [0.4, 0.5) is 0 Å². The second-order valence-corrected chi connectivity index (χ2v) is 18.7. The molecule has 8 fully saturated rings. The van der Waals surface area contributed by atoms with E-state index in [1.54, 1.807) is 0 Å². The van der Waals surface area contributed by atoms with Crippen molar-refractivity contribution in [2.45, 2.75) is 171 Å². The first kappa shape index (κ1) is 38.4. The Hall–Kier alpha value is -0.520. The van der Waals surface area contributed by atoms with Crippen LogP contribution in [0.25, 0.3) is 0 Å². The lowest BCUT2D eigenvalue weighted by Gasteiger charge is -2.61. The van der Waals surface area contributed by atoms with E-state index >= 15 is 0 Å². The second kappa shape index (κ2) is 14.1. The van der Waals surface area contributed by atoms with Gasteiger partial charge in [0, 0.05) is 12.3 Å². The Morgan fingerprint density at radius 2 is 1.37 bits per heavy atom. The SMILES string of the molecule is C[C@H]1CC[C@@]2(OC1)O[C@H]1C[C@H]3[C@@H]4CC[C@@H]5C[C@@H](O[C@@H]6O[C@H](CO)[C@@H](O)[C@H](O)[C@H]6O[C@@H]6O[C@@H](CO)[C@H](O)[C@H](O)[C@H]6O)CC[C@]5(C)[C@H]4CC[C@]3(C)[C@H]1[C@@H]2C. The van der Waals surface area contributed by atoms with Crippen molar-refractivity contribution < 1.29 is 64.2 Å². The Balaban J connectivity index is 0.942. The monoisotopic (exact) mass is 740 g/mol. The summed E-state index contributed by atoms with van der Waals surface area (Å²) < 4.78 is 37.5. The first-order valence-corrected chi connectivity index (χ1v) is 20.3. The highest BCUT2D eigenvalue weighted by atomic mass is 16.8. The molecule has 4 aliphatic carbocycles. The van der Waals surface area contributed by atoms with E-state index in [-0.39, 0.29) is 23.0 Å².